The summed E-state index contributed by atoms with van der Waals surface area (Å²) in [4.78, 5) is 2.44. The first-order chi connectivity index (χ1) is 8.67. The normalized spacial score (nSPS) is 32.7. The minimum absolute atomic E-state index is 0.107. The van der Waals surface area contributed by atoms with E-state index in [4.69, 9.17) is 0 Å². The van der Waals surface area contributed by atoms with Gasteiger partial charge in [-0.05, 0) is 43.9 Å². The molecule has 0 aromatic heterocycles. The molecule has 0 saturated heterocycles. The topological polar surface area (TPSA) is 23.5 Å². The van der Waals surface area contributed by atoms with Crippen molar-refractivity contribution in [3.63, 3.8) is 0 Å². The molecule has 0 aromatic rings. The minimum atomic E-state index is -0.107. The first-order valence-corrected chi connectivity index (χ1v) is 8.29. The van der Waals surface area contributed by atoms with Gasteiger partial charge in [0.15, 0.2) is 0 Å². The third kappa shape index (κ3) is 3.43. The van der Waals surface area contributed by atoms with Crippen LogP contribution in [0.5, 0.6) is 0 Å². The third-order valence-electron chi connectivity index (χ3n) is 5.09. The van der Waals surface area contributed by atoms with Gasteiger partial charge in [-0.25, -0.2) is 0 Å². The molecule has 0 aliphatic heterocycles. The zero-order valence-electron chi connectivity index (χ0n) is 11.8. The quantitative estimate of drug-likeness (QED) is 0.768. The van der Waals surface area contributed by atoms with Gasteiger partial charge >= 0.3 is 0 Å². The molecule has 2 aliphatic carbocycles. The van der Waals surface area contributed by atoms with Crippen LogP contribution in [0.25, 0.3) is 0 Å². The Kier molecular flexibility index (Phi) is 5.40. The molecular weight excluding hydrogens is 242 g/mol. The molecular formula is C15H29NOS. The summed E-state index contributed by atoms with van der Waals surface area (Å²) in [5.41, 5.74) is 0.410. The molecule has 2 fully saturated rings. The molecule has 2 rings (SSSR count). The van der Waals surface area contributed by atoms with E-state index in [1.54, 1.807) is 0 Å². The van der Waals surface area contributed by atoms with Crippen molar-refractivity contribution >= 4 is 12.6 Å². The summed E-state index contributed by atoms with van der Waals surface area (Å²) in [6, 6.07) is 0.387. The van der Waals surface area contributed by atoms with Crippen LogP contribution in [0.4, 0.5) is 0 Å². The van der Waals surface area contributed by atoms with E-state index in [1.807, 2.05) is 0 Å². The second-order valence-electron chi connectivity index (χ2n) is 6.55. The fourth-order valence-corrected chi connectivity index (χ4v) is 4.34. The van der Waals surface area contributed by atoms with Gasteiger partial charge in [-0.15, -0.1) is 0 Å². The Labute approximate surface area is 118 Å². The average Bonchev–Trinajstić information content (AvgIpc) is 2.40. The van der Waals surface area contributed by atoms with Crippen LogP contribution in [0.2, 0.25) is 0 Å². The first kappa shape index (κ1) is 14.7. The molecule has 0 bridgehead atoms. The predicted molar refractivity (Wildman–Crippen MR) is 80.3 cm³/mol. The van der Waals surface area contributed by atoms with E-state index in [0.29, 0.717) is 11.5 Å². The van der Waals surface area contributed by atoms with Gasteiger partial charge in [0, 0.05) is 12.6 Å². The molecule has 2 saturated carbocycles. The highest BCUT2D eigenvalue weighted by molar-refractivity contribution is 7.80. The van der Waals surface area contributed by atoms with Crippen LogP contribution in [0.15, 0.2) is 0 Å². The van der Waals surface area contributed by atoms with Gasteiger partial charge in [0.2, 0.25) is 0 Å². The van der Waals surface area contributed by atoms with Crippen molar-refractivity contribution in [2.24, 2.45) is 5.41 Å². The van der Waals surface area contributed by atoms with E-state index in [9.17, 15) is 5.11 Å². The van der Waals surface area contributed by atoms with Crippen LogP contribution in [-0.4, -0.2) is 41.5 Å². The second-order valence-corrected chi connectivity index (χ2v) is 6.87. The standard InChI is InChI=1S/C15H29NOS/c1-16(13-7-3-4-8-14(13)17)11-15(12-18)9-5-2-6-10-15/h13-14,17-18H,2-12H2,1H3. The van der Waals surface area contributed by atoms with Gasteiger partial charge in [0.25, 0.3) is 0 Å². The number of rotatable bonds is 4. The number of thiol groups is 1. The van der Waals surface area contributed by atoms with Crippen LogP contribution in [0, 0.1) is 5.41 Å². The highest BCUT2D eigenvalue weighted by atomic mass is 32.1. The molecule has 2 nitrogen and oxygen atoms in total. The van der Waals surface area contributed by atoms with E-state index < -0.39 is 0 Å². The summed E-state index contributed by atoms with van der Waals surface area (Å²) < 4.78 is 0. The van der Waals surface area contributed by atoms with Gasteiger partial charge in [-0.2, -0.15) is 12.6 Å². The zero-order valence-corrected chi connectivity index (χ0v) is 12.7. The Morgan fingerprint density at radius 2 is 1.78 bits per heavy atom. The number of hydrogen-bond donors (Lipinski definition) is 2. The van der Waals surface area contributed by atoms with E-state index in [1.165, 1.54) is 51.4 Å². The lowest BCUT2D eigenvalue weighted by molar-refractivity contribution is 0.00930. The molecule has 0 aromatic carbocycles. The van der Waals surface area contributed by atoms with Crippen LogP contribution in [0.1, 0.15) is 57.8 Å². The largest absolute Gasteiger partial charge is 0.391 e. The highest BCUT2D eigenvalue weighted by Crippen LogP contribution is 2.38. The van der Waals surface area contributed by atoms with Gasteiger partial charge in [0.1, 0.15) is 0 Å². The second kappa shape index (κ2) is 6.62. The van der Waals surface area contributed by atoms with Gasteiger partial charge < -0.3 is 10.0 Å². The van der Waals surface area contributed by atoms with Crippen molar-refractivity contribution < 1.29 is 5.11 Å². The maximum Gasteiger partial charge on any atom is 0.0695 e. The van der Waals surface area contributed by atoms with Crippen molar-refractivity contribution in [2.45, 2.75) is 69.9 Å². The molecule has 3 heteroatoms. The van der Waals surface area contributed by atoms with Crippen LogP contribution < -0.4 is 0 Å². The van der Waals surface area contributed by atoms with Crippen molar-refractivity contribution in [2.75, 3.05) is 19.3 Å². The average molecular weight is 271 g/mol. The first-order valence-electron chi connectivity index (χ1n) is 7.66. The molecule has 106 valence electrons. The molecule has 0 amide bonds. The fourth-order valence-electron chi connectivity index (χ4n) is 3.92. The van der Waals surface area contributed by atoms with Crippen LogP contribution in [0.3, 0.4) is 0 Å². The highest BCUT2D eigenvalue weighted by Gasteiger charge is 2.35. The predicted octanol–water partition coefficient (Wildman–Crippen LogP) is 3.10. The molecule has 0 heterocycles. The SMILES string of the molecule is CN(CC1(CS)CCCCC1)C1CCCCC1O. The van der Waals surface area contributed by atoms with Crippen molar-refractivity contribution in [3.05, 3.63) is 0 Å². The molecule has 1 N–H and O–H groups in total. The minimum Gasteiger partial charge on any atom is -0.391 e. The number of likely N-dealkylation sites (N-methyl/N-ethyl adjacent to an activating group) is 1. The summed E-state index contributed by atoms with van der Waals surface area (Å²) in [5, 5.41) is 10.2. The van der Waals surface area contributed by atoms with Crippen molar-refractivity contribution in [1.29, 1.82) is 0 Å². The van der Waals surface area contributed by atoms with E-state index in [0.717, 1.165) is 18.7 Å². The Morgan fingerprint density at radius 1 is 1.11 bits per heavy atom. The van der Waals surface area contributed by atoms with E-state index >= 15 is 0 Å². The summed E-state index contributed by atoms with van der Waals surface area (Å²) in [6.07, 6.45) is 11.3. The lowest BCUT2D eigenvalue weighted by atomic mass is 9.74. The lowest BCUT2D eigenvalue weighted by Crippen LogP contribution is -2.49. The fraction of sp³-hybridized carbons (Fsp3) is 1.00. The molecule has 18 heavy (non-hydrogen) atoms. The molecule has 0 spiro atoms. The maximum absolute atomic E-state index is 10.2. The Hall–Kier alpha value is 0.270. The van der Waals surface area contributed by atoms with Crippen LogP contribution in [-0.2, 0) is 0 Å². The monoisotopic (exact) mass is 271 g/mol. The Bertz CT molecular complexity index is 253. The smallest absolute Gasteiger partial charge is 0.0695 e. The van der Waals surface area contributed by atoms with E-state index in [-0.39, 0.29) is 6.10 Å². The number of aliphatic hydroxyl groups is 1. The molecule has 2 unspecified atom stereocenters. The summed E-state index contributed by atoms with van der Waals surface area (Å²) in [5.74, 6) is 1.00. The number of hydrogen-bond acceptors (Lipinski definition) is 3. The van der Waals surface area contributed by atoms with Crippen LogP contribution >= 0.6 is 12.6 Å². The van der Waals surface area contributed by atoms with Crippen molar-refractivity contribution in [3.8, 4) is 0 Å². The Balaban J connectivity index is 1.93. The molecule has 2 aliphatic rings. The summed E-state index contributed by atoms with van der Waals surface area (Å²) in [6.45, 7) is 1.12. The molecule has 0 radical (unpaired) electrons. The Morgan fingerprint density at radius 3 is 2.39 bits per heavy atom. The third-order valence-corrected chi connectivity index (χ3v) is 5.77. The number of nitrogens with zero attached hydrogens (tertiary/aromatic N) is 1. The van der Waals surface area contributed by atoms with Gasteiger partial charge in [-0.1, -0.05) is 32.1 Å². The lowest BCUT2D eigenvalue weighted by Gasteiger charge is -2.43. The van der Waals surface area contributed by atoms with E-state index in [2.05, 4.69) is 24.6 Å². The van der Waals surface area contributed by atoms with Gasteiger partial charge in [0.05, 0.1) is 6.10 Å². The van der Waals surface area contributed by atoms with Gasteiger partial charge in [-0.3, -0.25) is 0 Å². The molecule has 2 atom stereocenters. The number of aliphatic hydroxyl groups excluding tert-OH is 1. The van der Waals surface area contributed by atoms with Crippen molar-refractivity contribution in [1.82, 2.24) is 4.90 Å². The summed E-state index contributed by atoms with van der Waals surface area (Å²) in [7, 11) is 2.21. The summed E-state index contributed by atoms with van der Waals surface area (Å²) >= 11 is 4.62. The maximum atomic E-state index is 10.2. The zero-order chi connectivity index (χ0) is 13.0.